The molecule has 1 aliphatic carbocycles. The molecule has 0 heterocycles. The second-order valence-electron chi connectivity index (χ2n) is 9.47. The monoisotopic (exact) mass is 468 g/mol. The fourth-order valence-electron chi connectivity index (χ4n) is 4.29. The standard InChI is InChI=1S/C26H32N2O6/c1-16(34-26(2,3)4)23(24(31)28(5)14-22(29)30)27-25(32)33-15-21-19-12-8-6-10-17(19)18-11-7-9-13-20(18)21/h6-13,16,21,23H,14-15H2,1-5H3,(H,27,32)(H,29,30)/t16-,23+/m1/s1. The number of hydrogen-bond donors (Lipinski definition) is 2. The third-order valence-corrected chi connectivity index (χ3v) is 5.64. The minimum Gasteiger partial charge on any atom is -0.480 e. The highest BCUT2D eigenvalue weighted by Crippen LogP contribution is 2.44. The third-order valence-electron chi connectivity index (χ3n) is 5.64. The summed E-state index contributed by atoms with van der Waals surface area (Å²) in [5.41, 5.74) is 3.81. The summed E-state index contributed by atoms with van der Waals surface area (Å²) in [6.07, 6.45) is -1.49. The normalized spacial score (nSPS) is 14.5. The van der Waals surface area contributed by atoms with Gasteiger partial charge in [0.05, 0.1) is 11.7 Å². The lowest BCUT2D eigenvalue weighted by atomic mass is 9.98. The zero-order valence-corrected chi connectivity index (χ0v) is 20.2. The number of alkyl carbamates (subject to hydrolysis) is 1. The summed E-state index contributed by atoms with van der Waals surface area (Å²) in [7, 11) is 1.37. The third kappa shape index (κ3) is 5.94. The van der Waals surface area contributed by atoms with Gasteiger partial charge in [0.2, 0.25) is 5.91 Å². The Morgan fingerprint density at radius 2 is 1.56 bits per heavy atom. The number of hydrogen-bond acceptors (Lipinski definition) is 5. The number of rotatable bonds is 8. The molecule has 0 aromatic heterocycles. The molecular formula is C26H32N2O6. The van der Waals surface area contributed by atoms with Crippen LogP contribution in [-0.2, 0) is 19.1 Å². The number of fused-ring (bicyclic) bond motifs is 3. The first kappa shape index (κ1) is 25.2. The van der Waals surface area contributed by atoms with Crippen molar-refractivity contribution in [1.82, 2.24) is 10.2 Å². The lowest BCUT2D eigenvalue weighted by Gasteiger charge is -2.32. The van der Waals surface area contributed by atoms with E-state index in [0.29, 0.717) is 0 Å². The first-order chi connectivity index (χ1) is 16.0. The van der Waals surface area contributed by atoms with E-state index in [2.05, 4.69) is 5.32 Å². The van der Waals surface area contributed by atoms with Gasteiger partial charge in [0, 0.05) is 13.0 Å². The maximum atomic E-state index is 12.9. The molecule has 2 aromatic carbocycles. The molecule has 2 amide bonds. The quantitative estimate of drug-likeness (QED) is 0.613. The summed E-state index contributed by atoms with van der Waals surface area (Å²) >= 11 is 0. The van der Waals surface area contributed by atoms with Gasteiger partial charge in [-0.2, -0.15) is 0 Å². The minimum absolute atomic E-state index is 0.0975. The second-order valence-corrected chi connectivity index (χ2v) is 9.47. The number of carboxylic acids is 1. The van der Waals surface area contributed by atoms with Crippen LogP contribution in [0.1, 0.15) is 44.7 Å². The summed E-state index contributed by atoms with van der Waals surface area (Å²) in [6, 6.07) is 14.9. The Labute approximate surface area is 199 Å². The first-order valence-electron chi connectivity index (χ1n) is 11.2. The second kappa shape index (κ2) is 10.3. The highest BCUT2D eigenvalue weighted by Gasteiger charge is 2.34. The number of benzene rings is 2. The van der Waals surface area contributed by atoms with Crippen molar-refractivity contribution < 1.29 is 29.0 Å². The zero-order chi connectivity index (χ0) is 25.0. The summed E-state index contributed by atoms with van der Waals surface area (Å²) in [4.78, 5) is 37.8. The van der Waals surface area contributed by atoms with Gasteiger partial charge < -0.3 is 24.8 Å². The van der Waals surface area contributed by atoms with Gasteiger partial charge in [0.15, 0.2) is 0 Å². The predicted octanol–water partition coefficient (Wildman–Crippen LogP) is 3.64. The molecule has 0 bridgehead atoms. The van der Waals surface area contributed by atoms with E-state index < -0.39 is 42.3 Å². The highest BCUT2D eigenvalue weighted by molar-refractivity contribution is 5.88. The molecule has 0 aliphatic heterocycles. The van der Waals surface area contributed by atoms with E-state index in [0.717, 1.165) is 27.2 Å². The van der Waals surface area contributed by atoms with E-state index in [-0.39, 0.29) is 12.5 Å². The first-order valence-corrected chi connectivity index (χ1v) is 11.2. The molecule has 0 saturated carbocycles. The molecule has 2 aromatic rings. The summed E-state index contributed by atoms with van der Waals surface area (Å²) < 4.78 is 11.5. The minimum atomic E-state index is -1.15. The molecule has 8 heteroatoms. The number of nitrogens with zero attached hydrogens (tertiary/aromatic N) is 1. The number of likely N-dealkylation sites (N-methyl/N-ethyl adjacent to an activating group) is 1. The Morgan fingerprint density at radius 3 is 2.06 bits per heavy atom. The van der Waals surface area contributed by atoms with Crippen LogP contribution in [-0.4, -0.2) is 65.9 Å². The van der Waals surface area contributed by atoms with Gasteiger partial charge in [0.1, 0.15) is 19.2 Å². The van der Waals surface area contributed by atoms with Gasteiger partial charge >= 0.3 is 12.1 Å². The number of carboxylic acid groups (broad SMARTS) is 1. The van der Waals surface area contributed by atoms with E-state index >= 15 is 0 Å². The molecule has 1 aliphatic rings. The number of amides is 2. The topological polar surface area (TPSA) is 105 Å². The van der Waals surface area contributed by atoms with E-state index in [4.69, 9.17) is 14.6 Å². The Hall–Kier alpha value is -3.39. The van der Waals surface area contributed by atoms with Crippen molar-refractivity contribution in [3.05, 3.63) is 59.7 Å². The summed E-state index contributed by atoms with van der Waals surface area (Å²) in [5.74, 6) is -1.85. The molecule has 8 nitrogen and oxygen atoms in total. The van der Waals surface area contributed by atoms with Gasteiger partial charge in [-0.05, 0) is 49.9 Å². The Bertz CT molecular complexity index is 1020. The van der Waals surface area contributed by atoms with Crippen molar-refractivity contribution >= 4 is 18.0 Å². The van der Waals surface area contributed by atoms with E-state index in [1.165, 1.54) is 7.05 Å². The maximum Gasteiger partial charge on any atom is 0.407 e. The van der Waals surface area contributed by atoms with Crippen LogP contribution in [0.5, 0.6) is 0 Å². The van der Waals surface area contributed by atoms with Crippen LogP contribution in [0.25, 0.3) is 11.1 Å². The highest BCUT2D eigenvalue weighted by atomic mass is 16.6. The van der Waals surface area contributed by atoms with Crippen LogP contribution in [0.3, 0.4) is 0 Å². The van der Waals surface area contributed by atoms with Crippen LogP contribution in [0.4, 0.5) is 4.79 Å². The largest absolute Gasteiger partial charge is 0.480 e. The van der Waals surface area contributed by atoms with Gasteiger partial charge in [-0.1, -0.05) is 48.5 Å². The van der Waals surface area contributed by atoms with Crippen LogP contribution in [0.2, 0.25) is 0 Å². The fraction of sp³-hybridized carbons (Fsp3) is 0.423. The van der Waals surface area contributed by atoms with Crippen molar-refractivity contribution in [2.75, 3.05) is 20.2 Å². The number of carbonyl (C=O) groups is 3. The lowest BCUT2D eigenvalue weighted by Crippen LogP contribution is -2.55. The molecule has 182 valence electrons. The van der Waals surface area contributed by atoms with Crippen molar-refractivity contribution in [1.29, 1.82) is 0 Å². The van der Waals surface area contributed by atoms with Crippen LogP contribution < -0.4 is 5.32 Å². The smallest absolute Gasteiger partial charge is 0.407 e. The van der Waals surface area contributed by atoms with Gasteiger partial charge in [-0.3, -0.25) is 9.59 Å². The van der Waals surface area contributed by atoms with E-state index in [9.17, 15) is 14.4 Å². The van der Waals surface area contributed by atoms with Gasteiger partial charge in [-0.25, -0.2) is 4.79 Å². The molecular weight excluding hydrogens is 436 g/mol. The average molecular weight is 469 g/mol. The van der Waals surface area contributed by atoms with Crippen molar-refractivity contribution in [3.63, 3.8) is 0 Å². The predicted molar refractivity (Wildman–Crippen MR) is 128 cm³/mol. The average Bonchev–Trinajstić information content (AvgIpc) is 3.07. The van der Waals surface area contributed by atoms with Crippen molar-refractivity contribution in [2.45, 2.75) is 51.4 Å². The fourth-order valence-corrected chi connectivity index (χ4v) is 4.29. The zero-order valence-electron chi connectivity index (χ0n) is 20.2. The summed E-state index contributed by atoms with van der Waals surface area (Å²) in [5, 5.41) is 11.6. The molecule has 3 rings (SSSR count). The molecule has 0 unspecified atom stereocenters. The Balaban J connectivity index is 1.73. The van der Waals surface area contributed by atoms with Crippen LogP contribution >= 0.6 is 0 Å². The molecule has 2 N–H and O–H groups in total. The number of nitrogens with one attached hydrogen (secondary N) is 1. The Morgan fingerprint density at radius 1 is 1.03 bits per heavy atom. The van der Waals surface area contributed by atoms with E-state index in [1.54, 1.807) is 6.92 Å². The number of carbonyl (C=O) groups excluding carboxylic acids is 2. The SMILES string of the molecule is C[C@@H](OC(C)(C)C)[C@H](NC(=O)OCC1c2ccccc2-c2ccccc21)C(=O)N(C)CC(=O)O. The molecule has 34 heavy (non-hydrogen) atoms. The Kier molecular flexibility index (Phi) is 7.61. The lowest BCUT2D eigenvalue weighted by molar-refractivity contribution is -0.147. The van der Waals surface area contributed by atoms with Crippen LogP contribution in [0, 0.1) is 0 Å². The molecule has 0 saturated heterocycles. The molecule has 0 radical (unpaired) electrons. The van der Waals surface area contributed by atoms with Crippen molar-refractivity contribution in [3.8, 4) is 11.1 Å². The maximum absolute atomic E-state index is 12.9. The van der Waals surface area contributed by atoms with Gasteiger partial charge in [0.25, 0.3) is 0 Å². The number of aliphatic carboxylic acids is 1. The molecule has 0 spiro atoms. The van der Waals surface area contributed by atoms with Crippen molar-refractivity contribution in [2.24, 2.45) is 0 Å². The summed E-state index contributed by atoms with van der Waals surface area (Å²) in [6.45, 7) is 6.76. The number of ether oxygens (including phenoxy) is 2. The van der Waals surface area contributed by atoms with Gasteiger partial charge in [-0.15, -0.1) is 0 Å². The molecule has 2 atom stereocenters. The van der Waals surface area contributed by atoms with E-state index in [1.807, 2.05) is 69.3 Å². The van der Waals surface area contributed by atoms with Crippen LogP contribution in [0.15, 0.2) is 48.5 Å². The molecule has 0 fully saturated rings.